The molecule has 17 heavy (non-hydrogen) atoms. The first-order valence-electron chi connectivity index (χ1n) is 4.79. The van der Waals surface area contributed by atoms with E-state index in [0.29, 0.717) is 39.0 Å². The molecule has 5 heteroatoms. The molecule has 3 nitrogen and oxygen atoms in total. The molecule has 0 bridgehead atoms. The van der Waals surface area contributed by atoms with Crippen molar-refractivity contribution in [1.82, 2.24) is 4.98 Å². The van der Waals surface area contributed by atoms with Gasteiger partial charge in [0.15, 0.2) is 6.29 Å². The van der Waals surface area contributed by atoms with Crippen LogP contribution in [0, 0.1) is 0 Å². The largest absolute Gasteiger partial charge is 0.398 e. The minimum Gasteiger partial charge on any atom is -0.398 e. The van der Waals surface area contributed by atoms with Gasteiger partial charge in [0.2, 0.25) is 0 Å². The lowest BCUT2D eigenvalue weighted by molar-refractivity contribution is 0.112. The highest BCUT2D eigenvalue weighted by atomic mass is 35.5. The SMILES string of the molecule is Nc1ccc(Cl)cc1-c1nc(Cl)ccc1C=O. The second-order valence-corrected chi connectivity index (χ2v) is 4.24. The molecule has 0 atom stereocenters. The molecule has 0 saturated carbocycles. The lowest BCUT2D eigenvalue weighted by atomic mass is 10.0. The molecule has 86 valence electrons. The number of anilines is 1. The van der Waals surface area contributed by atoms with Crippen molar-refractivity contribution in [3.8, 4) is 11.3 Å². The Morgan fingerprint density at radius 2 is 1.94 bits per heavy atom. The summed E-state index contributed by atoms with van der Waals surface area (Å²) in [4.78, 5) is 15.1. The summed E-state index contributed by atoms with van der Waals surface area (Å²) in [5.74, 6) is 0. The van der Waals surface area contributed by atoms with Crippen molar-refractivity contribution in [1.29, 1.82) is 0 Å². The number of nitrogens with zero attached hydrogens (tertiary/aromatic N) is 1. The van der Waals surface area contributed by atoms with Gasteiger partial charge >= 0.3 is 0 Å². The first-order chi connectivity index (χ1) is 8.11. The monoisotopic (exact) mass is 266 g/mol. The van der Waals surface area contributed by atoms with Gasteiger partial charge in [0.05, 0.1) is 5.69 Å². The van der Waals surface area contributed by atoms with Crippen molar-refractivity contribution in [3.05, 3.63) is 46.1 Å². The molecular formula is C12H8Cl2N2O. The Labute approximate surface area is 108 Å². The highest BCUT2D eigenvalue weighted by molar-refractivity contribution is 6.31. The Bertz CT molecular complexity index is 585. The lowest BCUT2D eigenvalue weighted by Crippen LogP contribution is -1.96. The topological polar surface area (TPSA) is 56.0 Å². The fraction of sp³-hybridized carbons (Fsp3) is 0. The molecule has 0 spiro atoms. The molecule has 0 aliphatic carbocycles. The van der Waals surface area contributed by atoms with E-state index >= 15 is 0 Å². The summed E-state index contributed by atoms with van der Waals surface area (Å²) in [6, 6.07) is 8.14. The third-order valence-corrected chi connectivity index (χ3v) is 2.74. The molecule has 0 aliphatic rings. The van der Waals surface area contributed by atoms with E-state index in [1.54, 1.807) is 30.3 Å². The molecule has 0 unspecified atom stereocenters. The normalized spacial score (nSPS) is 10.2. The predicted octanol–water partition coefficient (Wildman–Crippen LogP) is 3.45. The molecule has 0 amide bonds. The van der Waals surface area contributed by atoms with E-state index in [4.69, 9.17) is 28.9 Å². The Balaban J connectivity index is 2.70. The average Bonchev–Trinajstić information content (AvgIpc) is 2.32. The van der Waals surface area contributed by atoms with E-state index in [0.717, 1.165) is 0 Å². The Morgan fingerprint density at radius 1 is 1.18 bits per heavy atom. The van der Waals surface area contributed by atoms with Crippen molar-refractivity contribution >= 4 is 35.2 Å². The van der Waals surface area contributed by atoms with Gasteiger partial charge in [0.1, 0.15) is 5.15 Å². The standard InChI is InChI=1S/C12H8Cl2N2O/c13-8-2-3-10(15)9(5-8)12-7(6-17)1-4-11(14)16-12/h1-6H,15H2. The number of hydrogen-bond acceptors (Lipinski definition) is 3. The molecule has 2 N–H and O–H groups in total. The Morgan fingerprint density at radius 3 is 2.65 bits per heavy atom. The van der Waals surface area contributed by atoms with Crippen LogP contribution in [0.4, 0.5) is 5.69 Å². The summed E-state index contributed by atoms with van der Waals surface area (Å²) >= 11 is 11.7. The number of aldehydes is 1. The minimum atomic E-state index is 0.296. The second kappa shape index (κ2) is 4.73. The maximum absolute atomic E-state index is 11.0. The van der Waals surface area contributed by atoms with Crippen LogP contribution < -0.4 is 5.73 Å². The summed E-state index contributed by atoms with van der Waals surface area (Å²) in [6.45, 7) is 0. The maximum atomic E-state index is 11.0. The summed E-state index contributed by atoms with van der Waals surface area (Å²) in [5.41, 5.74) is 7.79. The van der Waals surface area contributed by atoms with Crippen LogP contribution in [0.2, 0.25) is 10.2 Å². The van der Waals surface area contributed by atoms with Crippen molar-refractivity contribution in [2.24, 2.45) is 0 Å². The van der Waals surface area contributed by atoms with Crippen molar-refractivity contribution in [3.63, 3.8) is 0 Å². The highest BCUT2D eigenvalue weighted by Crippen LogP contribution is 2.30. The Hall–Kier alpha value is -1.58. The van der Waals surface area contributed by atoms with Crippen molar-refractivity contribution in [2.45, 2.75) is 0 Å². The number of nitrogens with two attached hydrogens (primary N) is 1. The molecule has 1 aromatic heterocycles. The molecule has 1 aromatic carbocycles. The molecule has 0 fully saturated rings. The number of benzene rings is 1. The van der Waals surface area contributed by atoms with Crippen LogP contribution in [0.3, 0.4) is 0 Å². The van der Waals surface area contributed by atoms with Gasteiger partial charge in [0.25, 0.3) is 0 Å². The van der Waals surface area contributed by atoms with Crippen LogP contribution in [-0.4, -0.2) is 11.3 Å². The average molecular weight is 267 g/mol. The number of rotatable bonds is 2. The molecule has 2 rings (SSSR count). The third-order valence-electron chi connectivity index (χ3n) is 2.29. The van der Waals surface area contributed by atoms with Crippen LogP contribution in [0.15, 0.2) is 30.3 Å². The summed E-state index contributed by atoms with van der Waals surface area (Å²) < 4.78 is 0. The van der Waals surface area contributed by atoms with E-state index < -0.39 is 0 Å². The lowest BCUT2D eigenvalue weighted by Gasteiger charge is -2.08. The molecule has 0 aliphatic heterocycles. The van der Waals surface area contributed by atoms with Crippen molar-refractivity contribution in [2.75, 3.05) is 5.73 Å². The van der Waals surface area contributed by atoms with Crippen molar-refractivity contribution < 1.29 is 4.79 Å². The van der Waals surface area contributed by atoms with E-state index in [1.165, 1.54) is 0 Å². The number of nitrogen functional groups attached to an aromatic ring is 1. The van der Waals surface area contributed by atoms with Gasteiger partial charge in [-0.1, -0.05) is 23.2 Å². The van der Waals surface area contributed by atoms with E-state index in [2.05, 4.69) is 4.98 Å². The first-order valence-corrected chi connectivity index (χ1v) is 5.54. The molecule has 0 radical (unpaired) electrons. The fourth-order valence-electron chi connectivity index (χ4n) is 1.49. The molecule has 0 saturated heterocycles. The number of halogens is 2. The van der Waals surface area contributed by atoms with E-state index in [-0.39, 0.29) is 0 Å². The zero-order chi connectivity index (χ0) is 12.4. The zero-order valence-corrected chi connectivity index (χ0v) is 10.2. The highest BCUT2D eigenvalue weighted by Gasteiger charge is 2.11. The zero-order valence-electron chi connectivity index (χ0n) is 8.65. The van der Waals surface area contributed by atoms with Gasteiger partial charge < -0.3 is 5.73 Å². The number of carbonyl (C=O) groups is 1. The van der Waals surface area contributed by atoms with Gasteiger partial charge in [-0.15, -0.1) is 0 Å². The maximum Gasteiger partial charge on any atom is 0.152 e. The molecule has 2 aromatic rings. The predicted molar refractivity (Wildman–Crippen MR) is 69.5 cm³/mol. The van der Waals surface area contributed by atoms with Gasteiger partial charge in [-0.05, 0) is 30.3 Å². The fourth-order valence-corrected chi connectivity index (χ4v) is 1.81. The number of aromatic nitrogens is 1. The van der Waals surface area contributed by atoms with Gasteiger partial charge in [-0.25, -0.2) is 4.98 Å². The minimum absolute atomic E-state index is 0.296. The van der Waals surface area contributed by atoms with Crippen LogP contribution in [0.1, 0.15) is 10.4 Å². The summed E-state index contributed by atoms with van der Waals surface area (Å²) in [6.07, 6.45) is 0.707. The second-order valence-electron chi connectivity index (χ2n) is 3.42. The van der Waals surface area contributed by atoms with Crippen LogP contribution in [0.25, 0.3) is 11.3 Å². The summed E-state index contributed by atoms with van der Waals surface area (Å²) in [7, 11) is 0. The van der Waals surface area contributed by atoms with Crippen LogP contribution >= 0.6 is 23.2 Å². The van der Waals surface area contributed by atoms with E-state index in [1.807, 2.05) is 0 Å². The number of pyridine rings is 1. The molecular weight excluding hydrogens is 259 g/mol. The summed E-state index contributed by atoms with van der Waals surface area (Å²) in [5, 5.41) is 0.817. The Kier molecular flexibility index (Phi) is 3.31. The number of hydrogen-bond donors (Lipinski definition) is 1. The first kappa shape index (κ1) is 11.9. The van der Waals surface area contributed by atoms with Crippen LogP contribution in [0.5, 0.6) is 0 Å². The van der Waals surface area contributed by atoms with Gasteiger partial charge in [0, 0.05) is 21.8 Å². The van der Waals surface area contributed by atoms with Gasteiger partial charge in [-0.2, -0.15) is 0 Å². The third kappa shape index (κ3) is 2.40. The van der Waals surface area contributed by atoms with Gasteiger partial charge in [-0.3, -0.25) is 4.79 Å². The van der Waals surface area contributed by atoms with E-state index in [9.17, 15) is 4.79 Å². The smallest absolute Gasteiger partial charge is 0.152 e. The van der Waals surface area contributed by atoms with Crippen LogP contribution in [-0.2, 0) is 0 Å². The quantitative estimate of drug-likeness (QED) is 0.515. The number of carbonyl (C=O) groups excluding carboxylic acids is 1. The molecule has 1 heterocycles.